The van der Waals surface area contributed by atoms with Gasteiger partial charge in [0.15, 0.2) is 0 Å². The zero-order chi connectivity index (χ0) is 22.7. The number of anilines is 1. The molecule has 2 N–H and O–H groups in total. The molecule has 0 radical (unpaired) electrons. The number of aromatic nitrogens is 1. The van der Waals surface area contributed by atoms with E-state index in [0.29, 0.717) is 16.8 Å². The highest BCUT2D eigenvalue weighted by molar-refractivity contribution is 6.42. The van der Waals surface area contributed by atoms with Crippen LogP contribution in [0.25, 0.3) is 11.6 Å². The van der Waals surface area contributed by atoms with Gasteiger partial charge < -0.3 is 15.0 Å². The van der Waals surface area contributed by atoms with Crippen molar-refractivity contribution in [1.82, 2.24) is 10.3 Å². The Kier molecular flexibility index (Phi) is 5.89. The van der Waals surface area contributed by atoms with Gasteiger partial charge in [0.05, 0.1) is 11.3 Å². The SMILES string of the molecule is Cc1cc(C)c(/C=C2\C(=O)N(C(=O)CNC(=O)OCc3ccccc3)c3ccccc32)[nH]1. The molecule has 0 fully saturated rings. The van der Waals surface area contributed by atoms with E-state index >= 15 is 0 Å². The number of alkyl carbamates (subject to hydrolysis) is 1. The molecule has 7 nitrogen and oxygen atoms in total. The first-order valence-corrected chi connectivity index (χ1v) is 10.2. The van der Waals surface area contributed by atoms with Crippen LogP contribution in [-0.4, -0.2) is 29.4 Å². The van der Waals surface area contributed by atoms with Crippen molar-refractivity contribution in [2.24, 2.45) is 0 Å². The van der Waals surface area contributed by atoms with Crippen LogP contribution in [-0.2, 0) is 20.9 Å². The molecule has 0 atom stereocenters. The fourth-order valence-corrected chi connectivity index (χ4v) is 3.67. The molecule has 1 aliphatic rings. The number of imide groups is 1. The van der Waals surface area contributed by atoms with Gasteiger partial charge in [0.1, 0.15) is 13.2 Å². The molecule has 7 heteroatoms. The first kappa shape index (κ1) is 21.1. The van der Waals surface area contributed by atoms with Crippen molar-refractivity contribution in [1.29, 1.82) is 0 Å². The lowest BCUT2D eigenvalue weighted by Crippen LogP contribution is -2.41. The summed E-state index contributed by atoms with van der Waals surface area (Å²) in [7, 11) is 0. The number of nitrogens with zero attached hydrogens (tertiary/aromatic N) is 1. The Bertz CT molecular complexity index is 1210. The number of nitrogens with one attached hydrogen (secondary N) is 2. The van der Waals surface area contributed by atoms with Crippen LogP contribution in [0.4, 0.5) is 10.5 Å². The number of fused-ring (bicyclic) bond motifs is 1. The van der Waals surface area contributed by atoms with Gasteiger partial charge in [0, 0.05) is 17.0 Å². The maximum Gasteiger partial charge on any atom is 0.407 e. The summed E-state index contributed by atoms with van der Waals surface area (Å²) >= 11 is 0. The van der Waals surface area contributed by atoms with Crippen LogP contribution in [0.2, 0.25) is 0 Å². The van der Waals surface area contributed by atoms with Crippen LogP contribution < -0.4 is 10.2 Å². The van der Waals surface area contributed by atoms with Crippen molar-refractivity contribution in [3.05, 3.63) is 88.7 Å². The van der Waals surface area contributed by atoms with E-state index in [1.54, 1.807) is 24.3 Å². The molecule has 0 saturated carbocycles. The Balaban J connectivity index is 1.47. The van der Waals surface area contributed by atoms with Gasteiger partial charge in [-0.25, -0.2) is 9.69 Å². The highest BCUT2D eigenvalue weighted by Gasteiger charge is 2.36. The molecule has 0 spiro atoms. The molecule has 4 rings (SSSR count). The van der Waals surface area contributed by atoms with E-state index in [0.717, 1.165) is 27.4 Å². The van der Waals surface area contributed by atoms with E-state index in [1.165, 1.54) is 0 Å². The van der Waals surface area contributed by atoms with Crippen LogP contribution in [0.3, 0.4) is 0 Å². The largest absolute Gasteiger partial charge is 0.445 e. The van der Waals surface area contributed by atoms with E-state index in [9.17, 15) is 14.4 Å². The first-order chi connectivity index (χ1) is 15.4. The number of para-hydroxylation sites is 1. The zero-order valence-electron chi connectivity index (χ0n) is 17.8. The molecular formula is C25H23N3O4. The van der Waals surface area contributed by atoms with Crippen LogP contribution in [0.15, 0.2) is 60.7 Å². The summed E-state index contributed by atoms with van der Waals surface area (Å²) in [5.74, 6) is -0.968. The molecule has 1 aromatic heterocycles. The summed E-state index contributed by atoms with van der Waals surface area (Å²) in [5.41, 5.74) is 5.23. The van der Waals surface area contributed by atoms with Crippen LogP contribution >= 0.6 is 0 Å². The Morgan fingerprint density at radius 2 is 1.78 bits per heavy atom. The smallest absolute Gasteiger partial charge is 0.407 e. The summed E-state index contributed by atoms with van der Waals surface area (Å²) in [4.78, 5) is 42.4. The summed E-state index contributed by atoms with van der Waals surface area (Å²) in [5, 5.41) is 2.43. The van der Waals surface area contributed by atoms with E-state index in [-0.39, 0.29) is 13.2 Å². The minimum Gasteiger partial charge on any atom is -0.445 e. The highest BCUT2D eigenvalue weighted by Crippen LogP contribution is 2.37. The molecule has 0 aliphatic carbocycles. The standard InChI is InChI=1S/C25H23N3O4/c1-16-12-17(2)27-21(16)13-20-19-10-6-7-11-22(19)28(24(20)30)23(29)14-26-25(31)32-15-18-8-4-3-5-9-18/h3-13,27H,14-15H2,1-2H3,(H,26,31)/b20-13-. The fraction of sp³-hybridized carbons (Fsp3) is 0.160. The van der Waals surface area contributed by atoms with Crippen molar-refractivity contribution >= 4 is 35.2 Å². The van der Waals surface area contributed by atoms with Gasteiger partial charge in [-0.15, -0.1) is 0 Å². The lowest BCUT2D eigenvalue weighted by atomic mass is 10.1. The molecule has 1 aliphatic heterocycles. The average molecular weight is 429 g/mol. The van der Waals surface area contributed by atoms with E-state index in [4.69, 9.17) is 4.74 Å². The monoisotopic (exact) mass is 429 g/mol. The number of H-pyrrole nitrogens is 1. The number of carbonyl (C=O) groups excluding carboxylic acids is 3. The molecule has 162 valence electrons. The third-order valence-corrected chi connectivity index (χ3v) is 5.19. The van der Waals surface area contributed by atoms with Crippen LogP contribution in [0.1, 0.15) is 28.1 Å². The predicted molar refractivity (Wildman–Crippen MR) is 122 cm³/mol. The number of hydrogen-bond donors (Lipinski definition) is 2. The third kappa shape index (κ3) is 4.32. The van der Waals surface area contributed by atoms with Gasteiger partial charge in [-0.3, -0.25) is 9.59 Å². The number of aryl methyl sites for hydroxylation is 2. The predicted octanol–water partition coefficient (Wildman–Crippen LogP) is 3.97. The Morgan fingerprint density at radius 3 is 2.50 bits per heavy atom. The first-order valence-electron chi connectivity index (χ1n) is 10.2. The van der Waals surface area contributed by atoms with Crippen molar-refractivity contribution in [2.45, 2.75) is 20.5 Å². The molecule has 3 aromatic rings. The molecule has 32 heavy (non-hydrogen) atoms. The molecule has 2 aromatic carbocycles. The Labute approximate surface area is 185 Å². The van der Waals surface area contributed by atoms with Gasteiger partial charge in [-0.1, -0.05) is 48.5 Å². The number of rotatable bonds is 5. The van der Waals surface area contributed by atoms with Crippen LogP contribution in [0, 0.1) is 13.8 Å². The number of benzene rings is 2. The molecule has 0 bridgehead atoms. The minimum absolute atomic E-state index is 0.0914. The van der Waals surface area contributed by atoms with Gasteiger partial charge in [0.2, 0.25) is 0 Å². The van der Waals surface area contributed by atoms with Gasteiger partial charge in [-0.05, 0) is 43.2 Å². The zero-order valence-corrected chi connectivity index (χ0v) is 17.8. The highest BCUT2D eigenvalue weighted by atomic mass is 16.5. The van der Waals surface area contributed by atoms with Gasteiger partial charge >= 0.3 is 6.09 Å². The van der Waals surface area contributed by atoms with E-state index in [2.05, 4.69) is 10.3 Å². The lowest BCUT2D eigenvalue weighted by Gasteiger charge is -2.15. The molecule has 0 unspecified atom stereocenters. The number of hydrogen-bond acceptors (Lipinski definition) is 4. The number of carbonyl (C=O) groups is 3. The number of ether oxygens (including phenoxy) is 1. The third-order valence-electron chi connectivity index (χ3n) is 5.19. The molecule has 0 saturated heterocycles. The second-order valence-electron chi connectivity index (χ2n) is 7.57. The summed E-state index contributed by atoms with van der Waals surface area (Å²) < 4.78 is 5.13. The molecular weight excluding hydrogens is 406 g/mol. The quantitative estimate of drug-likeness (QED) is 0.601. The van der Waals surface area contributed by atoms with E-state index in [1.807, 2.05) is 56.3 Å². The fourth-order valence-electron chi connectivity index (χ4n) is 3.67. The number of amides is 3. The molecule has 3 amide bonds. The van der Waals surface area contributed by atoms with Crippen molar-refractivity contribution in [3.63, 3.8) is 0 Å². The van der Waals surface area contributed by atoms with E-state index < -0.39 is 17.9 Å². The second kappa shape index (κ2) is 8.93. The van der Waals surface area contributed by atoms with Crippen molar-refractivity contribution in [3.8, 4) is 0 Å². The Morgan fingerprint density at radius 1 is 1.06 bits per heavy atom. The summed E-state index contributed by atoms with van der Waals surface area (Å²) in [6.45, 7) is 3.63. The minimum atomic E-state index is -0.726. The maximum atomic E-state index is 13.2. The van der Waals surface area contributed by atoms with Gasteiger partial charge in [-0.2, -0.15) is 0 Å². The molecule has 2 heterocycles. The normalized spacial score (nSPS) is 13.9. The van der Waals surface area contributed by atoms with Crippen molar-refractivity contribution in [2.75, 3.05) is 11.4 Å². The van der Waals surface area contributed by atoms with Gasteiger partial charge in [0.25, 0.3) is 11.8 Å². The lowest BCUT2D eigenvalue weighted by molar-refractivity contribution is -0.123. The maximum absolute atomic E-state index is 13.2. The second-order valence-corrected chi connectivity index (χ2v) is 7.57. The average Bonchev–Trinajstić information content (AvgIpc) is 3.26. The summed E-state index contributed by atoms with van der Waals surface area (Å²) in [6, 6.07) is 18.3. The summed E-state index contributed by atoms with van der Waals surface area (Å²) in [6.07, 6.45) is 1.04. The topological polar surface area (TPSA) is 91.5 Å². The van der Waals surface area contributed by atoms with Crippen LogP contribution in [0.5, 0.6) is 0 Å². The number of aromatic amines is 1. The Hall–Kier alpha value is -4.13. The van der Waals surface area contributed by atoms with Crippen molar-refractivity contribution < 1.29 is 19.1 Å².